The van der Waals surface area contributed by atoms with Crippen molar-refractivity contribution in [3.63, 3.8) is 0 Å². The molecule has 0 atom stereocenters. The Morgan fingerprint density at radius 3 is 2.35 bits per heavy atom. The van der Waals surface area contributed by atoms with Crippen molar-refractivity contribution in [3.8, 4) is 0 Å². The molecule has 0 spiro atoms. The monoisotopic (exact) mass is 303 g/mol. The van der Waals surface area contributed by atoms with E-state index in [0.717, 1.165) is 5.56 Å². The Kier molecular flexibility index (Phi) is 4.49. The first-order chi connectivity index (χ1) is 11.3. The summed E-state index contributed by atoms with van der Waals surface area (Å²) in [5.74, 6) is -0.567. The quantitative estimate of drug-likeness (QED) is 0.422. The number of hydrogen-bond acceptors (Lipinski definition) is 5. The van der Waals surface area contributed by atoms with Crippen LogP contribution >= 0.6 is 0 Å². The summed E-state index contributed by atoms with van der Waals surface area (Å²) < 4.78 is 0. The van der Waals surface area contributed by atoms with E-state index in [-0.39, 0.29) is 0 Å². The number of rotatable bonds is 4. The normalized spacial score (nSPS) is 11.0. The standard InChI is InChI=1S/C18H13N3O2/c22-18(15-9-6-11-19-13-15)23-21-17(14-7-2-1-3-8-14)16-10-4-5-12-20-16/h1-13H. The minimum atomic E-state index is -0.567. The predicted octanol–water partition coefficient (Wildman–Crippen LogP) is 3.09. The Morgan fingerprint density at radius 1 is 0.870 bits per heavy atom. The van der Waals surface area contributed by atoms with Gasteiger partial charge in [-0.05, 0) is 24.3 Å². The zero-order valence-corrected chi connectivity index (χ0v) is 12.2. The van der Waals surface area contributed by atoms with Gasteiger partial charge in [0.05, 0.1) is 11.3 Å². The lowest BCUT2D eigenvalue weighted by molar-refractivity contribution is 0.0516. The highest BCUT2D eigenvalue weighted by Gasteiger charge is 2.12. The Morgan fingerprint density at radius 2 is 1.65 bits per heavy atom. The minimum Gasteiger partial charge on any atom is -0.312 e. The number of benzene rings is 1. The first-order valence-corrected chi connectivity index (χ1v) is 7.01. The zero-order chi connectivity index (χ0) is 15.9. The van der Waals surface area contributed by atoms with E-state index >= 15 is 0 Å². The lowest BCUT2D eigenvalue weighted by atomic mass is 10.1. The Balaban J connectivity index is 1.91. The molecule has 0 radical (unpaired) electrons. The molecule has 2 heterocycles. The summed E-state index contributed by atoms with van der Waals surface area (Å²) in [4.78, 5) is 25.2. The number of carbonyl (C=O) groups is 1. The number of hydrogen-bond donors (Lipinski definition) is 0. The smallest absolute Gasteiger partial charge is 0.312 e. The summed E-state index contributed by atoms with van der Waals surface area (Å²) in [7, 11) is 0. The van der Waals surface area contributed by atoms with Crippen LogP contribution in [0.15, 0.2) is 84.4 Å². The van der Waals surface area contributed by atoms with Gasteiger partial charge in [0.25, 0.3) is 0 Å². The van der Waals surface area contributed by atoms with E-state index in [0.29, 0.717) is 17.0 Å². The van der Waals surface area contributed by atoms with Crippen molar-refractivity contribution in [2.45, 2.75) is 0 Å². The first-order valence-electron chi connectivity index (χ1n) is 7.01. The van der Waals surface area contributed by atoms with Crippen LogP contribution < -0.4 is 0 Å². The molecule has 0 amide bonds. The molecule has 3 rings (SSSR count). The highest BCUT2D eigenvalue weighted by atomic mass is 16.7. The van der Waals surface area contributed by atoms with E-state index in [9.17, 15) is 4.79 Å². The molecule has 112 valence electrons. The molecule has 0 aliphatic heterocycles. The van der Waals surface area contributed by atoms with Gasteiger partial charge in [0.2, 0.25) is 0 Å². The van der Waals surface area contributed by atoms with Crippen molar-refractivity contribution in [2.75, 3.05) is 0 Å². The van der Waals surface area contributed by atoms with Crippen LogP contribution in [-0.4, -0.2) is 21.6 Å². The van der Waals surface area contributed by atoms with Crippen LogP contribution in [0.5, 0.6) is 0 Å². The summed E-state index contributed by atoms with van der Waals surface area (Å²) in [5.41, 5.74) is 2.26. The van der Waals surface area contributed by atoms with E-state index in [4.69, 9.17) is 4.84 Å². The van der Waals surface area contributed by atoms with Gasteiger partial charge < -0.3 is 4.84 Å². The third kappa shape index (κ3) is 3.65. The summed E-state index contributed by atoms with van der Waals surface area (Å²) in [6.45, 7) is 0. The van der Waals surface area contributed by atoms with Crippen LogP contribution in [-0.2, 0) is 4.84 Å². The molecule has 1 aromatic carbocycles. The molecule has 3 aromatic rings. The predicted molar refractivity (Wildman–Crippen MR) is 86.0 cm³/mol. The van der Waals surface area contributed by atoms with Gasteiger partial charge in [0.1, 0.15) is 5.71 Å². The van der Waals surface area contributed by atoms with Crippen molar-refractivity contribution >= 4 is 11.7 Å². The fourth-order valence-electron chi connectivity index (χ4n) is 1.97. The zero-order valence-electron chi connectivity index (χ0n) is 12.2. The van der Waals surface area contributed by atoms with Crippen molar-refractivity contribution in [2.24, 2.45) is 5.16 Å². The van der Waals surface area contributed by atoms with E-state index in [1.165, 1.54) is 6.20 Å². The second kappa shape index (κ2) is 7.09. The minimum absolute atomic E-state index is 0.338. The number of aromatic nitrogens is 2. The molecule has 0 saturated carbocycles. The molecule has 23 heavy (non-hydrogen) atoms. The molecule has 0 bridgehead atoms. The van der Waals surface area contributed by atoms with Gasteiger partial charge in [-0.25, -0.2) is 4.79 Å². The molecular formula is C18H13N3O2. The number of oxime groups is 1. The second-order valence-electron chi connectivity index (χ2n) is 4.64. The molecular weight excluding hydrogens is 290 g/mol. The summed E-state index contributed by atoms with van der Waals surface area (Å²) in [6.07, 6.45) is 4.68. The summed E-state index contributed by atoms with van der Waals surface area (Å²) >= 11 is 0. The molecule has 5 nitrogen and oxygen atoms in total. The summed E-state index contributed by atoms with van der Waals surface area (Å²) in [6, 6.07) is 18.2. The van der Waals surface area contributed by atoms with E-state index in [1.807, 2.05) is 48.5 Å². The van der Waals surface area contributed by atoms with Gasteiger partial charge in [-0.15, -0.1) is 0 Å². The van der Waals surface area contributed by atoms with Gasteiger partial charge in [0, 0.05) is 24.2 Å². The van der Waals surface area contributed by atoms with Crippen molar-refractivity contribution in [1.29, 1.82) is 0 Å². The molecule has 2 aromatic heterocycles. The fourth-order valence-corrected chi connectivity index (χ4v) is 1.97. The van der Waals surface area contributed by atoms with Crippen molar-refractivity contribution in [3.05, 3.63) is 96.1 Å². The molecule has 5 heteroatoms. The third-order valence-corrected chi connectivity index (χ3v) is 3.07. The van der Waals surface area contributed by atoms with Crippen LogP contribution in [0.3, 0.4) is 0 Å². The highest BCUT2D eigenvalue weighted by Crippen LogP contribution is 2.10. The Hall–Kier alpha value is -3.34. The molecule has 0 aliphatic rings. The van der Waals surface area contributed by atoms with Crippen LogP contribution in [0.1, 0.15) is 21.6 Å². The van der Waals surface area contributed by atoms with Gasteiger partial charge in [0.15, 0.2) is 0 Å². The molecule has 0 aliphatic carbocycles. The number of pyridine rings is 2. The second-order valence-corrected chi connectivity index (χ2v) is 4.64. The van der Waals surface area contributed by atoms with E-state index in [1.54, 1.807) is 24.5 Å². The van der Waals surface area contributed by atoms with Crippen molar-refractivity contribution in [1.82, 2.24) is 9.97 Å². The van der Waals surface area contributed by atoms with Gasteiger partial charge in [-0.3, -0.25) is 9.97 Å². The van der Waals surface area contributed by atoms with Crippen molar-refractivity contribution < 1.29 is 9.63 Å². The van der Waals surface area contributed by atoms with Crippen LogP contribution in [0, 0.1) is 0 Å². The topological polar surface area (TPSA) is 64.4 Å². The maximum Gasteiger partial charge on any atom is 0.367 e. The van der Waals surface area contributed by atoms with E-state index < -0.39 is 5.97 Å². The van der Waals surface area contributed by atoms with Gasteiger partial charge in [-0.1, -0.05) is 41.6 Å². The number of carbonyl (C=O) groups excluding carboxylic acids is 1. The van der Waals surface area contributed by atoms with Crippen LogP contribution in [0.25, 0.3) is 0 Å². The molecule has 0 saturated heterocycles. The van der Waals surface area contributed by atoms with Gasteiger partial charge >= 0.3 is 5.97 Å². The lowest BCUT2D eigenvalue weighted by Crippen LogP contribution is -2.09. The third-order valence-electron chi connectivity index (χ3n) is 3.07. The Bertz CT molecular complexity index is 762. The maximum atomic E-state index is 12.0. The maximum absolute atomic E-state index is 12.0. The van der Waals surface area contributed by atoms with Crippen LogP contribution in [0.2, 0.25) is 0 Å². The first kappa shape index (κ1) is 14.6. The average molecular weight is 303 g/mol. The largest absolute Gasteiger partial charge is 0.367 e. The average Bonchev–Trinajstić information content (AvgIpc) is 2.64. The summed E-state index contributed by atoms with van der Waals surface area (Å²) in [5, 5.41) is 4.02. The van der Waals surface area contributed by atoms with E-state index in [2.05, 4.69) is 15.1 Å². The lowest BCUT2D eigenvalue weighted by Gasteiger charge is -2.05. The van der Waals surface area contributed by atoms with Gasteiger partial charge in [-0.2, -0.15) is 0 Å². The molecule has 0 fully saturated rings. The molecule has 0 N–H and O–H groups in total. The molecule has 0 unspecified atom stereocenters. The Labute approximate surface area is 133 Å². The highest BCUT2D eigenvalue weighted by molar-refractivity contribution is 6.11. The fraction of sp³-hybridized carbons (Fsp3) is 0. The SMILES string of the molecule is O=C(ON=C(c1ccccc1)c1ccccn1)c1cccnc1. The number of nitrogens with zero attached hydrogens (tertiary/aromatic N) is 3. The van der Waals surface area contributed by atoms with Crippen LogP contribution in [0.4, 0.5) is 0 Å².